The molecule has 1 rings (SSSR count). The van der Waals surface area contributed by atoms with E-state index in [4.69, 9.17) is 9.63 Å². The third-order valence-electron chi connectivity index (χ3n) is 2.27. The molecule has 0 fully saturated rings. The van der Waals surface area contributed by atoms with Crippen LogP contribution in [0.5, 0.6) is 0 Å². The lowest BCUT2D eigenvalue weighted by molar-refractivity contribution is 0.0508. The van der Waals surface area contributed by atoms with E-state index in [2.05, 4.69) is 5.32 Å². The normalized spacial score (nSPS) is 14.5. The highest BCUT2D eigenvalue weighted by atomic mass is 31.1. The molecule has 0 aliphatic rings. The predicted octanol–water partition coefficient (Wildman–Crippen LogP) is 2.72. The van der Waals surface area contributed by atoms with Crippen LogP contribution in [0.1, 0.15) is 32.4 Å². The van der Waals surface area contributed by atoms with E-state index in [0.717, 1.165) is 5.56 Å². The third kappa shape index (κ3) is 6.41. The van der Waals surface area contributed by atoms with Crippen LogP contribution >= 0.6 is 8.03 Å². The molecule has 1 aromatic carbocycles. The number of amides is 1. The first-order valence-electron chi connectivity index (χ1n) is 6.04. The van der Waals surface area contributed by atoms with Crippen molar-refractivity contribution in [1.82, 2.24) is 5.32 Å². The molecule has 0 saturated carbocycles. The topological polar surface area (TPSA) is 75.6 Å². The van der Waals surface area contributed by atoms with Crippen LogP contribution in [0.3, 0.4) is 0 Å². The lowest BCUT2D eigenvalue weighted by Gasteiger charge is -2.23. The molecule has 0 aliphatic heterocycles. The van der Waals surface area contributed by atoms with Crippen molar-refractivity contribution in [2.45, 2.75) is 32.4 Å². The molecular formula is C13H20NO4P. The lowest BCUT2D eigenvalue weighted by atomic mass is 10.1. The smallest absolute Gasteiger partial charge is 0.408 e. The van der Waals surface area contributed by atoms with Crippen LogP contribution in [0.15, 0.2) is 30.3 Å². The van der Waals surface area contributed by atoms with E-state index in [1.165, 1.54) is 0 Å². The number of hydrogen-bond acceptors (Lipinski definition) is 3. The lowest BCUT2D eigenvalue weighted by Crippen LogP contribution is -2.35. The molecule has 0 aliphatic carbocycles. The Morgan fingerprint density at radius 2 is 1.95 bits per heavy atom. The molecule has 0 radical (unpaired) electrons. The van der Waals surface area contributed by atoms with Crippen molar-refractivity contribution in [3.05, 3.63) is 35.9 Å². The predicted molar refractivity (Wildman–Crippen MR) is 74.6 cm³/mol. The van der Waals surface area contributed by atoms with E-state index in [1.807, 2.05) is 18.2 Å². The number of nitrogens with one attached hydrogen (secondary N) is 1. The van der Waals surface area contributed by atoms with Gasteiger partial charge >= 0.3 is 6.09 Å². The molecule has 1 aromatic rings. The number of carbonyl (C=O) groups is 1. The van der Waals surface area contributed by atoms with E-state index in [0.29, 0.717) is 0 Å². The van der Waals surface area contributed by atoms with E-state index < -0.39 is 25.8 Å². The third-order valence-corrected chi connectivity index (χ3v) is 3.03. The van der Waals surface area contributed by atoms with E-state index >= 15 is 0 Å². The maximum atomic E-state index is 11.7. The van der Waals surface area contributed by atoms with Crippen molar-refractivity contribution in [2.24, 2.45) is 0 Å². The summed E-state index contributed by atoms with van der Waals surface area (Å²) in [7, 11) is -2.69. The Morgan fingerprint density at radius 1 is 1.37 bits per heavy atom. The number of benzene rings is 1. The zero-order valence-electron chi connectivity index (χ0n) is 11.3. The number of hydrogen-bond donors (Lipinski definition) is 2. The Morgan fingerprint density at radius 3 is 2.42 bits per heavy atom. The number of rotatable bonds is 4. The molecule has 0 aromatic heterocycles. The molecule has 5 nitrogen and oxygen atoms in total. The molecule has 6 heteroatoms. The highest BCUT2D eigenvalue weighted by Crippen LogP contribution is 2.24. The van der Waals surface area contributed by atoms with Crippen molar-refractivity contribution >= 4 is 14.1 Å². The highest BCUT2D eigenvalue weighted by molar-refractivity contribution is 7.38. The van der Waals surface area contributed by atoms with Gasteiger partial charge in [-0.25, -0.2) is 4.79 Å². The minimum absolute atomic E-state index is 0.00603. The number of ether oxygens (including phenoxy) is 1. The van der Waals surface area contributed by atoms with Crippen LogP contribution in [-0.4, -0.2) is 22.7 Å². The average Bonchev–Trinajstić information content (AvgIpc) is 2.26. The Hall–Kier alpha value is -1.32. The van der Waals surface area contributed by atoms with Gasteiger partial charge in [0.15, 0.2) is 8.03 Å². The summed E-state index contributed by atoms with van der Waals surface area (Å²) in [5, 5.41) is 2.63. The highest BCUT2D eigenvalue weighted by Gasteiger charge is 2.21. The Balaban J connectivity index is 2.76. The minimum Gasteiger partial charge on any atom is -0.444 e. The van der Waals surface area contributed by atoms with Gasteiger partial charge in [0.1, 0.15) is 5.60 Å². The maximum absolute atomic E-state index is 11.7. The van der Waals surface area contributed by atoms with E-state index in [1.54, 1.807) is 32.9 Å². The zero-order valence-corrected chi connectivity index (χ0v) is 12.3. The van der Waals surface area contributed by atoms with Crippen molar-refractivity contribution in [2.75, 3.05) is 6.16 Å². The summed E-state index contributed by atoms with van der Waals surface area (Å²) in [6.07, 6.45) is -0.599. The zero-order chi connectivity index (χ0) is 14.5. The Labute approximate surface area is 113 Å². The first-order valence-corrected chi connectivity index (χ1v) is 7.60. The first-order chi connectivity index (χ1) is 8.78. The van der Waals surface area contributed by atoms with Crippen LogP contribution in [0.25, 0.3) is 0 Å². The van der Waals surface area contributed by atoms with Crippen LogP contribution < -0.4 is 5.32 Å². The second kappa shape index (κ2) is 6.73. The molecule has 2 atom stereocenters. The molecule has 2 N–H and O–H groups in total. The van der Waals surface area contributed by atoms with E-state index in [-0.39, 0.29) is 6.16 Å². The molecule has 0 heterocycles. The summed E-state index contributed by atoms with van der Waals surface area (Å²) < 4.78 is 16.2. The van der Waals surface area contributed by atoms with Crippen LogP contribution in [0.2, 0.25) is 0 Å². The van der Waals surface area contributed by atoms with Crippen molar-refractivity contribution in [3.63, 3.8) is 0 Å². The van der Waals surface area contributed by atoms with E-state index in [9.17, 15) is 9.36 Å². The summed E-state index contributed by atoms with van der Waals surface area (Å²) in [5.74, 6) is 0. The standard InChI is InChI=1S/C13H20NO4P/c1-13(2,3)18-12(15)14-11(9-19(16)17)10-7-5-4-6-8-10/h4-8,11,19H,9H2,1-3H3,(H,14,15)(H,16,17). The molecule has 0 saturated heterocycles. The largest absolute Gasteiger partial charge is 0.444 e. The monoisotopic (exact) mass is 285 g/mol. The second-order valence-corrected chi connectivity index (χ2v) is 6.40. The summed E-state index contributed by atoms with van der Waals surface area (Å²) in [5.41, 5.74) is 0.177. The fourth-order valence-electron chi connectivity index (χ4n) is 1.56. The van der Waals surface area contributed by atoms with Gasteiger partial charge in [0.2, 0.25) is 0 Å². The number of alkyl carbamates (subject to hydrolysis) is 1. The SMILES string of the molecule is CC(C)(C)OC(=O)NC(C[PH](=O)O)c1ccccc1. The van der Waals surface area contributed by atoms with Gasteiger partial charge in [0, 0.05) is 6.16 Å². The fraction of sp³-hybridized carbons (Fsp3) is 0.462. The summed E-state index contributed by atoms with van der Waals surface area (Å²) >= 11 is 0. The molecule has 19 heavy (non-hydrogen) atoms. The Bertz CT molecular complexity index is 442. The van der Waals surface area contributed by atoms with Crippen molar-refractivity contribution in [3.8, 4) is 0 Å². The van der Waals surface area contributed by atoms with Gasteiger partial charge in [0.05, 0.1) is 6.04 Å². The van der Waals surface area contributed by atoms with Crippen molar-refractivity contribution in [1.29, 1.82) is 0 Å². The quantitative estimate of drug-likeness (QED) is 0.834. The number of carbonyl (C=O) groups excluding carboxylic acids is 1. The molecular weight excluding hydrogens is 265 g/mol. The summed E-state index contributed by atoms with van der Waals surface area (Å²) in [6.45, 7) is 5.29. The Kier molecular flexibility index (Phi) is 5.58. The van der Waals surface area contributed by atoms with Crippen LogP contribution in [0.4, 0.5) is 4.79 Å². The van der Waals surface area contributed by atoms with Gasteiger partial charge < -0.3 is 14.9 Å². The molecule has 1 amide bonds. The van der Waals surface area contributed by atoms with Crippen molar-refractivity contribution < 1.29 is 19.0 Å². The summed E-state index contributed by atoms with van der Waals surface area (Å²) in [4.78, 5) is 20.8. The molecule has 106 valence electrons. The van der Waals surface area contributed by atoms with Gasteiger partial charge in [-0.2, -0.15) is 0 Å². The molecule has 0 spiro atoms. The minimum atomic E-state index is -2.69. The van der Waals surface area contributed by atoms with Gasteiger partial charge in [-0.15, -0.1) is 0 Å². The van der Waals surface area contributed by atoms with Crippen LogP contribution in [-0.2, 0) is 9.30 Å². The molecule has 2 unspecified atom stereocenters. The fourth-order valence-corrected chi connectivity index (χ4v) is 2.25. The van der Waals surface area contributed by atoms with Crippen LogP contribution in [0, 0.1) is 0 Å². The first kappa shape index (κ1) is 15.7. The average molecular weight is 285 g/mol. The van der Waals surface area contributed by atoms with Gasteiger partial charge in [-0.1, -0.05) is 30.3 Å². The van der Waals surface area contributed by atoms with Gasteiger partial charge in [0.25, 0.3) is 0 Å². The van der Waals surface area contributed by atoms with Gasteiger partial charge in [-0.3, -0.25) is 4.57 Å². The second-order valence-electron chi connectivity index (χ2n) is 5.21. The summed E-state index contributed by atoms with van der Waals surface area (Å²) in [6, 6.07) is 8.55. The maximum Gasteiger partial charge on any atom is 0.408 e. The molecule has 0 bridgehead atoms. The van der Waals surface area contributed by atoms with Gasteiger partial charge in [-0.05, 0) is 26.3 Å².